The van der Waals surface area contributed by atoms with Crippen molar-refractivity contribution in [3.63, 3.8) is 0 Å². The third-order valence-electron chi connectivity index (χ3n) is 5.60. The van der Waals surface area contributed by atoms with Gasteiger partial charge in [-0.3, -0.25) is 14.5 Å². The van der Waals surface area contributed by atoms with E-state index in [9.17, 15) is 9.59 Å². The van der Waals surface area contributed by atoms with Crippen molar-refractivity contribution in [1.29, 1.82) is 0 Å². The molecule has 2 amide bonds. The van der Waals surface area contributed by atoms with E-state index in [0.29, 0.717) is 29.2 Å². The van der Waals surface area contributed by atoms with Crippen LogP contribution in [-0.2, 0) is 16.1 Å². The molecule has 0 saturated carbocycles. The monoisotopic (exact) mass is 456 g/mol. The molecule has 0 spiro atoms. The zero-order valence-electron chi connectivity index (χ0n) is 19.6. The summed E-state index contributed by atoms with van der Waals surface area (Å²) in [5.41, 5.74) is 3.95. The lowest BCUT2D eigenvalue weighted by molar-refractivity contribution is -0.137. The maximum Gasteiger partial charge on any atom is 0.278 e. The number of carbonyl (C=O) groups excluding carboxylic acids is 2. The Kier molecular flexibility index (Phi) is 6.97. The Balaban J connectivity index is 1.68. The fourth-order valence-corrected chi connectivity index (χ4v) is 3.74. The molecule has 0 saturated heterocycles. The van der Waals surface area contributed by atoms with Crippen LogP contribution in [0, 0.1) is 6.92 Å². The topological polar surface area (TPSA) is 67.9 Å². The van der Waals surface area contributed by atoms with Crippen LogP contribution < -0.4 is 14.8 Å². The van der Waals surface area contributed by atoms with Gasteiger partial charge in [-0.2, -0.15) is 0 Å². The molecule has 0 unspecified atom stereocenters. The minimum Gasteiger partial charge on any atom is -0.497 e. The average molecular weight is 457 g/mol. The van der Waals surface area contributed by atoms with Crippen molar-refractivity contribution >= 4 is 23.1 Å². The summed E-state index contributed by atoms with van der Waals surface area (Å²) in [5.74, 6) is 0.743. The molecule has 174 valence electrons. The highest BCUT2D eigenvalue weighted by Gasteiger charge is 2.39. The van der Waals surface area contributed by atoms with E-state index in [0.717, 1.165) is 23.3 Å². The number of ether oxygens (including phenoxy) is 2. The molecule has 34 heavy (non-hydrogen) atoms. The molecule has 0 aromatic heterocycles. The Morgan fingerprint density at radius 3 is 2.09 bits per heavy atom. The molecule has 3 aromatic rings. The van der Waals surface area contributed by atoms with Crippen LogP contribution in [0.1, 0.15) is 30.0 Å². The Hall–Kier alpha value is -4.06. The molecule has 3 aromatic carbocycles. The van der Waals surface area contributed by atoms with Crippen LogP contribution in [0.2, 0.25) is 0 Å². The Morgan fingerprint density at radius 2 is 1.47 bits per heavy atom. The van der Waals surface area contributed by atoms with Crippen LogP contribution in [0.3, 0.4) is 0 Å². The van der Waals surface area contributed by atoms with Crippen molar-refractivity contribution in [2.24, 2.45) is 0 Å². The number of carbonyl (C=O) groups is 2. The van der Waals surface area contributed by atoms with Crippen molar-refractivity contribution in [3.8, 4) is 11.5 Å². The summed E-state index contributed by atoms with van der Waals surface area (Å²) in [4.78, 5) is 28.2. The molecule has 4 rings (SSSR count). The van der Waals surface area contributed by atoms with Crippen molar-refractivity contribution in [2.75, 3.05) is 19.0 Å². The summed E-state index contributed by atoms with van der Waals surface area (Å²) in [5, 5.41) is 3.18. The molecule has 0 fully saturated rings. The van der Waals surface area contributed by atoms with Gasteiger partial charge in [0, 0.05) is 5.69 Å². The van der Waals surface area contributed by atoms with Crippen LogP contribution in [0.25, 0.3) is 5.57 Å². The van der Waals surface area contributed by atoms with Gasteiger partial charge in [0.15, 0.2) is 0 Å². The maximum atomic E-state index is 13.5. The molecule has 1 heterocycles. The predicted molar refractivity (Wildman–Crippen MR) is 133 cm³/mol. The van der Waals surface area contributed by atoms with Gasteiger partial charge >= 0.3 is 0 Å². The molecule has 0 radical (unpaired) electrons. The number of nitrogens with one attached hydrogen (secondary N) is 1. The van der Waals surface area contributed by atoms with Crippen molar-refractivity contribution in [3.05, 3.63) is 95.2 Å². The minimum absolute atomic E-state index is 0.201. The third kappa shape index (κ3) is 4.96. The SMILES string of the molecule is CCCOc1ccc(C2=C(Nc3ccc(OC)cc3)C(=O)N(Cc3ccc(C)cc3)C2=O)cc1. The first-order valence-corrected chi connectivity index (χ1v) is 11.3. The highest BCUT2D eigenvalue weighted by Crippen LogP contribution is 2.32. The second-order valence-corrected chi connectivity index (χ2v) is 8.16. The number of aryl methyl sites for hydroxylation is 1. The molecule has 0 atom stereocenters. The second kappa shape index (κ2) is 10.3. The number of hydrogen-bond acceptors (Lipinski definition) is 5. The van der Waals surface area contributed by atoms with E-state index in [1.54, 1.807) is 19.2 Å². The summed E-state index contributed by atoms with van der Waals surface area (Å²) in [6.45, 7) is 4.86. The van der Waals surface area contributed by atoms with Crippen LogP contribution >= 0.6 is 0 Å². The normalized spacial score (nSPS) is 13.4. The number of anilines is 1. The van der Waals surface area contributed by atoms with Crippen LogP contribution in [0.15, 0.2) is 78.5 Å². The van der Waals surface area contributed by atoms with Gasteiger partial charge < -0.3 is 14.8 Å². The van der Waals surface area contributed by atoms with E-state index in [4.69, 9.17) is 9.47 Å². The highest BCUT2D eigenvalue weighted by atomic mass is 16.5. The number of benzene rings is 3. The van der Waals surface area contributed by atoms with E-state index < -0.39 is 0 Å². The van der Waals surface area contributed by atoms with Crippen molar-refractivity contribution in [1.82, 2.24) is 4.90 Å². The van der Waals surface area contributed by atoms with E-state index in [-0.39, 0.29) is 24.1 Å². The number of imide groups is 1. The Bertz CT molecular complexity index is 1200. The number of amides is 2. The number of hydrogen-bond donors (Lipinski definition) is 1. The van der Waals surface area contributed by atoms with Crippen LogP contribution in [-0.4, -0.2) is 30.4 Å². The first kappa shape index (κ1) is 23.1. The first-order chi connectivity index (χ1) is 16.5. The van der Waals surface area contributed by atoms with Gasteiger partial charge in [-0.05, 0) is 60.9 Å². The van der Waals surface area contributed by atoms with Gasteiger partial charge in [0.25, 0.3) is 11.8 Å². The third-order valence-corrected chi connectivity index (χ3v) is 5.60. The predicted octanol–water partition coefficient (Wildman–Crippen LogP) is 5.18. The van der Waals surface area contributed by atoms with Gasteiger partial charge in [0.1, 0.15) is 17.2 Å². The lowest BCUT2D eigenvalue weighted by Crippen LogP contribution is -2.32. The van der Waals surface area contributed by atoms with E-state index in [2.05, 4.69) is 5.32 Å². The van der Waals surface area contributed by atoms with E-state index in [1.807, 2.05) is 74.5 Å². The zero-order chi connectivity index (χ0) is 24.1. The molecular formula is C28H28N2O4. The molecule has 0 bridgehead atoms. The van der Waals surface area contributed by atoms with Gasteiger partial charge in [-0.15, -0.1) is 0 Å². The second-order valence-electron chi connectivity index (χ2n) is 8.16. The Morgan fingerprint density at radius 1 is 0.824 bits per heavy atom. The van der Waals surface area contributed by atoms with E-state index >= 15 is 0 Å². The largest absolute Gasteiger partial charge is 0.497 e. The fourth-order valence-electron chi connectivity index (χ4n) is 3.74. The quantitative estimate of drug-likeness (QED) is 0.449. The molecule has 1 aliphatic rings. The van der Waals surface area contributed by atoms with Crippen molar-refractivity contribution < 1.29 is 19.1 Å². The molecule has 0 aliphatic carbocycles. The number of nitrogens with zero attached hydrogens (tertiary/aromatic N) is 1. The van der Waals surface area contributed by atoms with Crippen molar-refractivity contribution in [2.45, 2.75) is 26.8 Å². The standard InChI is InChI=1S/C28H28N2O4/c1-4-17-34-24-13-9-21(10-14-24)25-26(29-22-11-15-23(33-3)16-12-22)28(32)30(27(25)31)18-20-7-5-19(2)6-8-20/h5-16,29H,4,17-18H2,1-3H3. The first-order valence-electron chi connectivity index (χ1n) is 11.3. The van der Waals surface area contributed by atoms with Gasteiger partial charge in [-0.1, -0.05) is 48.9 Å². The summed E-state index contributed by atoms with van der Waals surface area (Å²) < 4.78 is 10.9. The summed E-state index contributed by atoms with van der Waals surface area (Å²) in [6, 6.07) is 22.3. The maximum absolute atomic E-state index is 13.5. The lowest BCUT2D eigenvalue weighted by Gasteiger charge is -2.15. The lowest BCUT2D eigenvalue weighted by atomic mass is 10.0. The average Bonchev–Trinajstić information content (AvgIpc) is 3.09. The number of methoxy groups -OCH3 is 1. The van der Waals surface area contributed by atoms with Gasteiger partial charge in [0.05, 0.1) is 25.8 Å². The highest BCUT2D eigenvalue weighted by molar-refractivity contribution is 6.36. The molecular weight excluding hydrogens is 428 g/mol. The zero-order valence-corrected chi connectivity index (χ0v) is 19.6. The fraction of sp³-hybridized carbons (Fsp3) is 0.214. The Labute approximate surface area is 199 Å². The molecule has 6 heteroatoms. The van der Waals surface area contributed by atoms with Gasteiger partial charge in [-0.25, -0.2) is 0 Å². The minimum atomic E-state index is -0.359. The van der Waals surface area contributed by atoms with Gasteiger partial charge in [0.2, 0.25) is 0 Å². The smallest absolute Gasteiger partial charge is 0.278 e. The molecule has 6 nitrogen and oxygen atoms in total. The van der Waals surface area contributed by atoms with Crippen LogP contribution in [0.5, 0.6) is 11.5 Å². The summed E-state index contributed by atoms with van der Waals surface area (Å²) in [6.07, 6.45) is 0.907. The molecule has 1 N–H and O–H groups in total. The van der Waals surface area contributed by atoms with E-state index in [1.165, 1.54) is 4.90 Å². The molecule has 1 aliphatic heterocycles. The van der Waals surface area contributed by atoms with Crippen LogP contribution in [0.4, 0.5) is 5.69 Å². The number of rotatable bonds is 9. The summed E-state index contributed by atoms with van der Waals surface area (Å²) >= 11 is 0. The summed E-state index contributed by atoms with van der Waals surface area (Å²) in [7, 11) is 1.60.